The van der Waals surface area contributed by atoms with Crippen molar-refractivity contribution < 1.29 is 0 Å². The Morgan fingerprint density at radius 1 is 1.62 bits per heavy atom. The number of nitrogens with zero attached hydrogens (tertiary/aromatic N) is 1. The van der Waals surface area contributed by atoms with E-state index in [1.165, 1.54) is 17.1 Å². The summed E-state index contributed by atoms with van der Waals surface area (Å²) in [5.41, 5.74) is 0. The molecule has 8 heavy (non-hydrogen) atoms. The van der Waals surface area contributed by atoms with Crippen LogP contribution in [-0.2, 0) is 0 Å². The first-order valence-electron chi connectivity index (χ1n) is 3.37. The fourth-order valence-electron chi connectivity index (χ4n) is 1.50. The summed E-state index contributed by atoms with van der Waals surface area (Å²) in [5, 5.41) is 0. The molecular weight excluding hydrogens is 290 g/mol. The average molecular weight is 301 g/mol. The number of hydrogen-bond donors (Lipinski definition) is 0. The van der Waals surface area contributed by atoms with Crippen molar-refractivity contribution in [3.8, 4) is 0 Å². The number of hydrogen-bond acceptors (Lipinski definition) is 1. The van der Waals surface area contributed by atoms with Gasteiger partial charge in [-0.05, 0) is 0 Å². The SMILES string of the molecule is C1=CN2CC[CH]1[TlH][CH2]2. The molecule has 1 fully saturated rings. The monoisotopic (exact) mass is 301 g/mol. The van der Waals surface area contributed by atoms with Gasteiger partial charge in [0.2, 0.25) is 0 Å². The van der Waals surface area contributed by atoms with Crippen LogP contribution in [0, 0.1) is 0 Å². The van der Waals surface area contributed by atoms with Gasteiger partial charge in [-0.3, -0.25) is 0 Å². The van der Waals surface area contributed by atoms with Gasteiger partial charge < -0.3 is 0 Å². The standard InChI is InChI=1S/C6H9N.Tl.H/c1-7-5-3-2-4-6-7;;/h2-3,5H,1,4,6H2;;. The van der Waals surface area contributed by atoms with Gasteiger partial charge in [0.15, 0.2) is 0 Å². The third-order valence-electron chi connectivity index (χ3n) is 2.14. The predicted molar refractivity (Wildman–Crippen MR) is 36.2 cm³/mol. The molecule has 3 rings (SSSR count). The van der Waals surface area contributed by atoms with Gasteiger partial charge in [-0.15, -0.1) is 0 Å². The summed E-state index contributed by atoms with van der Waals surface area (Å²) >= 11 is -0.341. The van der Waals surface area contributed by atoms with Gasteiger partial charge in [0.1, 0.15) is 0 Å². The van der Waals surface area contributed by atoms with E-state index in [1.807, 2.05) is 0 Å². The maximum atomic E-state index is 2.50. The van der Waals surface area contributed by atoms with Crippen molar-refractivity contribution in [3.63, 3.8) is 0 Å². The molecule has 2 bridgehead atoms. The van der Waals surface area contributed by atoms with Crippen LogP contribution in [0.2, 0.25) is 3.48 Å². The minimum atomic E-state index is -0.341. The molecule has 0 aliphatic carbocycles. The Bertz CT molecular complexity index is 99.7. The van der Waals surface area contributed by atoms with Gasteiger partial charge >= 0.3 is 62.0 Å². The molecular formula is C6H10NTl. The summed E-state index contributed by atoms with van der Waals surface area (Å²) in [6.07, 6.45) is 6.24. The van der Waals surface area contributed by atoms with Crippen molar-refractivity contribution in [2.24, 2.45) is 0 Å². The zero-order valence-corrected chi connectivity index (χ0v) is 10.5. The molecule has 1 atom stereocenters. The molecule has 3 heterocycles. The summed E-state index contributed by atoms with van der Waals surface area (Å²) in [5.74, 6) is 0. The van der Waals surface area contributed by atoms with E-state index < -0.39 is 0 Å². The first-order valence-corrected chi connectivity index (χ1v) is 10.4. The van der Waals surface area contributed by atoms with Crippen molar-refractivity contribution in [3.05, 3.63) is 12.3 Å². The Morgan fingerprint density at radius 2 is 2.62 bits per heavy atom. The van der Waals surface area contributed by atoms with Crippen molar-refractivity contribution in [2.45, 2.75) is 9.90 Å². The third kappa shape index (κ3) is 0.806. The van der Waals surface area contributed by atoms with E-state index in [-0.39, 0.29) is 24.2 Å². The van der Waals surface area contributed by atoms with E-state index in [4.69, 9.17) is 0 Å². The summed E-state index contributed by atoms with van der Waals surface area (Å²) in [4.78, 5) is 2.50. The first kappa shape index (κ1) is 5.26. The molecule has 0 saturated carbocycles. The van der Waals surface area contributed by atoms with Crippen LogP contribution in [0.3, 0.4) is 0 Å². The fourth-order valence-corrected chi connectivity index (χ4v) is 8.58. The van der Waals surface area contributed by atoms with Crippen LogP contribution in [0.25, 0.3) is 0 Å². The molecule has 1 nitrogen and oxygen atoms in total. The Labute approximate surface area is 62.0 Å². The zero-order valence-electron chi connectivity index (χ0n) is 5.01. The molecule has 0 aromatic heterocycles. The van der Waals surface area contributed by atoms with Gasteiger partial charge in [-0.2, -0.15) is 0 Å². The Hall–Kier alpha value is 0.462. The van der Waals surface area contributed by atoms with Crippen LogP contribution in [0.4, 0.5) is 0 Å². The fraction of sp³-hybridized carbons (Fsp3) is 0.667. The van der Waals surface area contributed by atoms with Crippen LogP contribution in [0.5, 0.6) is 0 Å². The van der Waals surface area contributed by atoms with Gasteiger partial charge in [-0.25, -0.2) is 0 Å². The molecule has 0 N–H and O–H groups in total. The summed E-state index contributed by atoms with van der Waals surface area (Å²) in [6, 6.07) is 0. The second kappa shape index (κ2) is 2.01. The van der Waals surface area contributed by atoms with Crippen LogP contribution < -0.4 is 0 Å². The molecule has 42 valence electrons. The summed E-state index contributed by atoms with van der Waals surface area (Å²) < 4.78 is 2.68. The maximum absolute atomic E-state index is 2.50. The number of allylic oxidation sites excluding steroid dienone is 1. The first-order chi connectivity index (χ1) is 3.95. The van der Waals surface area contributed by atoms with E-state index in [0.29, 0.717) is 0 Å². The van der Waals surface area contributed by atoms with Crippen LogP contribution in [0.15, 0.2) is 12.3 Å². The molecule has 3 aliphatic rings. The molecule has 3 aliphatic heterocycles. The summed E-state index contributed by atoms with van der Waals surface area (Å²) in [6.45, 7) is 1.36. The van der Waals surface area contributed by atoms with Crippen molar-refractivity contribution in [2.75, 3.05) is 10.6 Å². The third-order valence-corrected chi connectivity index (χ3v) is 10.9. The zero-order chi connectivity index (χ0) is 5.40. The molecule has 2 heteroatoms. The van der Waals surface area contributed by atoms with E-state index in [9.17, 15) is 0 Å². The quantitative estimate of drug-likeness (QED) is 0.586. The predicted octanol–water partition coefficient (Wildman–Crippen LogP) is 0.402. The van der Waals surface area contributed by atoms with Gasteiger partial charge in [-0.1, -0.05) is 0 Å². The second-order valence-corrected chi connectivity index (χ2v) is 10.8. The minimum absolute atomic E-state index is 0.341. The normalized spacial score (nSPS) is 33.0. The molecule has 1 saturated heterocycles. The average Bonchev–Trinajstić information content (AvgIpc) is 1.92. The van der Waals surface area contributed by atoms with E-state index in [2.05, 4.69) is 17.2 Å². The van der Waals surface area contributed by atoms with Crippen LogP contribution in [0.1, 0.15) is 6.42 Å². The van der Waals surface area contributed by atoms with Crippen molar-refractivity contribution >= 4 is 24.2 Å². The Morgan fingerprint density at radius 3 is 2.75 bits per heavy atom. The number of rotatable bonds is 0. The van der Waals surface area contributed by atoms with E-state index in [1.54, 1.807) is 0 Å². The summed E-state index contributed by atoms with van der Waals surface area (Å²) in [7, 11) is 0. The molecule has 0 radical (unpaired) electrons. The van der Waals surface area contributed by atoms with E-state index >= 15 is 0 Å². The molecule has 0 amide bonds. The Kier molecular flexibility index (Phi) is 1.32. The Balaban J connectivity index is 2.20. The van der Waals surface area contributed by atoms with E-state index in [0.717, 1.165) is 3.48 Å². The molecule has 1 unspecified atom stereocenters. The van der Waals surface area contributed by atoms with Crippen molar-refractivity contribution in [1.29, 1.82) is 0 Å². The number of fused-ring (bicyclic) bond motifs is 2. The van der Waals surface area contributed by atoms with Crippen LogP contribution in [-0.4, -0.2) is 39.8 Å². The second-order valence-electron chi connectivity index (χ2n) is 2.71. The van der Waals surface area contributed by atoms with Gasteiger partial charge in [0, 0.05) is 0 Å². The van der Waals surface area contributed by atoms with Crippen LogP contribution >= 0.6 is 0 Å². The molecule has 0 aromatic rings. The van der Waals surface area contributed by atoms with Gasteiger partial charge in [0.05, 0.1) is 0 Å². The topological polar surface area (TPSA) is 3.24 Å². The molecule has 0 spiro atoms. The molecule has 0 aromatic carbocycles. The van der Waals surface area contributed by atoms with Crippen molar-refractivity contribution in [1.82, 2.24) is 4.90 Å². The van der Waals surface area contributed by atoms with Gasteiger partial charge in [0.25, 0.3) is 0 Å².